The summed E-state index contributed by atoms with van der Waals surface area (Å²) in [5, 5.41) is 87.5. The van der Waals surface area contributed by atoms with E-state index in [9.17, 15) is 45.6 Å². The van der Waals surface area contributed by atoms with Gasteiger partial charge in [-0.15, -0.1) is 0 Å². The highest BCUT2D eigenvalue weighted by molar-refractivity contribution is 5.76. The number of allylic oxidation sites excluding steroid dienone is 13. The van der Waals surface area contributed by atoms with Crippen molar-refractivity contribution < 1.29 is 64.6 Å². The van der Waals surface area contributed by atoms with Crippen LogP contribution in [0.5, 0.6) is 0 Å². The summed E-state index contributed by atoms with van der Waals surface area (Å²) >= 11 is 0. The van der Waals surface area contributed by atoms with Crippen LogP contribution in [0.2, 0.25) is 0 Å². The SMILES string of the molecule is CC/C=C\C/C=C\C/C=C\C/C=C\CCCCCCCCCCCCCCCCCCCCCCCCC(=O)NC(COC1OC(CO)C(OC2OC(CO)C(O)C(O)C2O)C(O)C1O)C(O)/C=C/CC/C=C/CC/C=C/CCCCCCCCCCCCCCC. The van der Waals surface area contributed by atoms with E-state index >= 15 is 0 Å². The molecule has 0 aromatic carbocycles. The predicted octanol–water partition coefficient (Wildman–Crippen LogP) is 16.4. The van der Waals surface area contributed by atoms with Crippen LogP contribution in [0.15, 0.2) is 85.1 Å². The van der Waals surface area contributed by atoms with Gasteiger partial charge in [-0.25, -0.2) is 0 Å². The minimum atomic E-state index is -1.80. The first kappa shape index (κ1) is 85.3. The third-order valence-corrected chi connectivity index (χ3v) is 18.0. The molecule has 0 aromatic heterocycles. The molecule has 0 radical (unpaired) electrons. The van der Waals surface area contributed by atoms with Gasteiger partial charge >= 0.3 is 0 Å². The Morgan fingerprint density at radius 2 is 0.761 bits per heavy atom. The highest BCUT2D eigenvalue weighted by Crippen LogP contribution is 2.30. The van der Waals surface area contributed by atoms with Crippen LogP contribution in [-0.2, 0) is 23.7 Å². The Morgan fingerprint density at radius 1 is 0.402 bits per heavy atom. The molecule has 0 saturated carbocycles. The standard InChI is InChI=1S/C78H139NO13/c1-3-5-7-9-11-13-15-17-19-21-23-25-27-28-29-30-31-32-33-34-35-36-37-38-40-42-44-46-48-50-52-54-56-58-60-62-70(83)79-66(65-89-77-75(88)73(86)76(69(64-81)91-77)92-78-74(87)72(85)71(84)68(63-80)90-78)67(82)61-59-57-55-53-51-49-47-45-43-41-39-26-24-22-20-18-16-14-12-10-8-6-4-2/h5,7,11,13,17,19,23,25,43,45,51,53,59,61,66-69,71-78,80-82,84-88H,3-4,6,8-10,12,14-16,18,20-22,24,26-42,44,46-50,52,54-58,60,62-65H2,1-2H3,(H,79,83)/b7-5-,13-11-,19-17-,25-23-,45-43+,53-51+,61-59+. The van der Waals surface area contributed by atoms with Gasteiger partial charge in [0.25, 0.3) is 0 Å². The van der Waals surface area contributed by atoms with Crippen molar-refractivity contribution in [3.05, 3.63) is 85.1 Å². The molecule has 2 saturated heterocycles. The van der Waals surface area contributed by atoms with Crippen LogP contribution in [-0.4, -0.2) is 140 Å². The fraction of sp³-hybridized carbons (Fsp3) is 0.808. The molecule has 1 amide bonds. The van der Waals surface area contributed by atoms with Crippen LogP contribution in [0, 0.1) is 0 Å². The number of carbonyl (C=O) groups excluding carboxylic acids is 1. The van der Waals surface area contributed by atoms with Crippen molar-refractivity contribution in [3.8, 4) is 0 Å². The smallest absolute Gasteiger partial charge is 0.220 e. The molecule has 2 aliphatic rings. The Hall–Kier alpha value is -2.83. The molecule has 2 heterocycles. The van der Waals surface area contributed by atoms with Gasteiger partial charge in [0.05, 0.1) is 32.0 Å². The van der Waals surface area contributed by atoms with Gasteiger partial charge in [-0.2, -0.15) is 0 Å². The Kier molecular flexibility index (Phi) is 57.2. The highest BCUT2D eigenvalue weighted by Gasteiger charge is 2.51. The van der Waals surface area contributed by atoms with Crippen molar-refractivity contribution in [2.75, 3.05) is 19.8 Å². The summed E-state index contributed by atoms with van der Waals surface area (Å²) in [5.41, 5.74) is 0. The quantitative estimate of drug-likeness (QED) is 0.0204. The third-order valence-electron chi connectivity index (χ3n) is 18.0. The Bertz CT molecular complexity index is 1870. The first-order chi connectivity index (χ1) is 45.1. The number of hydrogen-bond acceptors (Lipinski definition) is 13. The zero-order valence-electron chi connectivity index (χ0n) is 58.3. The molecule has 534 valence electrons. The summed E-state index contributed by atoms with van der Waals surface area (Å²) in [6, 6.07) is -0.941. The molecule has 0 aromatic rings. The number of carbonyl (C=O) groups is 1. The molecule has 9 N–H and O–H groups in total. The lowest BCUT2D eigenvalue weighted by molar-refractivity contribution is -0.359. The highest BCUT2D eigenvalue weighted by atomic mass is 16.7. The summed E-state index contributed by atoms with van der Waals surface area (Å²) in [6.45, 7) is 2.70. The predicted molar refractivity (Wildman–Crippen MR) is 378 cm³/mol. The maximum atomic E-state index is 13.4. The van der Waals surface area contributed by atoms with Crippen LogP contribution in [0.3, 0.4) is 0 Å². The summed E-state index contributed by atoms with van der Waals surface area (Å²) in [5.74, 6) is -0.250. The van der Waals surface area contributed by atoms with Crippen LogP contribution in [0.25, 0.3) is 0 Å². The molecule has 12 unspecified atom stereocenters. The van der Waals surface area contributed by atoms with E-state index in [0.717, 1.165) is 70.6 Å². The number of amides is 1. The minimum absolute atomic E-state index is 0.250. The number of nitrogens with one attached hydrogen (secondary N) is 1. The Labute approximate surface area is 561 Å². The normalized spacial score (nSPS) is 23.2. The van der Waals surface area contributed by atoms with Gasteiger partial charge in [0, 0.05) is 6.42 Å². The number of aliphatic hydroxyl groups excluding tert-OH is 8. The van der Waals surface area contributed by atoms with Gasteiger partial charge < -0.3 is 65.1 Å². The average molecular weight is 1300 g/mol. The van der Waals surface area contributed by atoms with E-state index in [1.54, 1.807) is 6.08 Å². The van der Waals surface area contributed by atoms with Crippen molar-refractivity contribution in [1.29, 1.82) is 0 Å². The topological polar surface area (TPSA) is 228 Å². The zero-order valence-corrected chi connectivity index (χ0v) is 58.3. The van der Waals surface area contributed by atoms with Crippen LogP contribution in [0.4, 0.5) is 0 Å². The van der Waals surface area contributed by atoms with Gasteiger partial charge in [-0.3, -0.25) is 4.79 Å². The van der Waals surface area contributed by atoms with Gasteiger partial charge in [0.2, 0.25) is 5.91 Å². The van der Waals surface area contributed by atoms with E-state index in [2.05, 4.69) is 92.1 Å². The zero-order chi connectivity index (χ0) is 66.6. The van der Waals surface area contributed by atoms with Crippen LogP contribution in [0.1, 0.15) is 309 Å². The largest absolute Gasteiger partial charge is 0.394 e. The maximum absolute atomic E-state index is 13.4. The molecule has 14 nitrogen and oxygen atoms in total. The molecule has 14 heteroatoms. The lowest BCUT2D eigenvalue weighted by Gasteiger charge is -2.46. The second kappa shape index (κ2) is 61.7. The molecule has 12 atom stereocenters. The van der Waals surface area contributed by atoms with E-state index in [1.807, 2.05) is 6.08 Å². The molecule has 2 rings (SSSR count). The molecule has 92 heavy (non-hydrogen) atoms. The summed E-state index contributed by atoms with van der Waals surface area (Å²) < 4.78 is 22.9. The maximum Gasteiger partial charge on any atom is 0.220 e. The van der Waals surface area contributed by atoms with Crippen molar-refractivity contribution in [2.45, 2.75) is 383 Å². The monoisotopic (exact) mass is 1300 g/mol. The van der Waals surface area contributed by atoms with Gasteiger partial charge in [0.1, 0.15) is 48.8 Å². The fourth-order valence-corrected chi connectivity index (χ4v) is 12.1. The average Bonchev–Trinajstić information content (AvgIpc) is 0.830. The van der Waals surface area contributed by atoms with Crippen molar-refractivity contribution in [3.63, 3.8) is 0 Å². The fourth-order valence-electron chi connectivity index (χ4n) is 12.1. The van der Waals surface area contributed by atoms with Gasteiger partial charge in [-0.05, 0) is 83.5 Å². The first-order valence-electron chi connectivity index (χ1n) is 37.8. The molecular weight excluding hydrogens is 1160 g/mol. The number of ether oxygens (including phenoxy) is 4. The van der Waals surface area contributed by atoms with Crippen LogP contribution >= 0.6 is 0 Å². The molecule has 0 bridgehead atoms. The minimum Gasteiger partial charge on any atom is -0.394 e. The van der Waals surface area contributed by atoms with Crippen LogP contribution < -0.4 is 5.32 Å². The lowest BCUT2D eigenvalue weighted by Crippen LogP contribution is -2.65. The van der Waals surface area contributed by atoms with E-state index in [0.29, 0.717) is 12.8 Å². The summed E-state index contributed by atoms with van der Waals surface area (Å²) in [4.78, 5) is 13.4. The van der Waals surface area contributed by atoms with Crippen molar-refractivity contribution >= 4 is 5.91 Å². The van der Waals surface area contributed by atoms with Gasteiger partial charge in [0.15, 0.2) is 12.6 Å². The Morgan fingerprint density at radius 3 is 1.20 bits per heavy atom. The van der Waals surface area contributed by atoms with Crippen molar-refractivity contribution in [2.24, 2.45) is 0 Å². The summed E-state index contributed by atoms with van der Waals surface area (Å²) in [7, 11) is 0. The lowest BCUT2D eigenvalue weighted by atomic mass is 9.97. The molecule has 2 fully saturated rings. The number of rotatable bonds is 62. The number of aliphatic hydroxyl groups is 8. The first-order valence-corrected chi connectivity index (χ1v) is 37.8. The third kappa shape index (κ3) is 44.8. The number of unbranched alkanes of at least 4 members (excludes halogenated alkanes) is 37. The van der Waals surface area contributed by atoms with E-state index in [1.165, 1.54) is 205 Å². The molecule has 0 spiro atoms. The van der Waals surface area contributed by atoms with E-state index in [-0.39, 0.29) is 18.9 Å². The van der Waals surface area contributed by atoms with Crippen molar-refractivity contribution in [1.82, 2.24) is 5.32 Å². The molecular formula is C78H139NO13. The molecule has 0 aliphatic carbocycles. The second-order valence-corrected chi connectivity index (χ2v) is 26.4. The summed E-state index contributed by atoms with van der Waals surface area (Å²) in [6.07, 6.45) is 69.4. The van der Waals surface area contributed by atoms with Gasteiger partial charge in [-0.1, -0.05) is 304 Å². The van der Waals surface area contributed by atoms with E-state index < -0.39 is 86.8 Å². The Balaban J connectivity index is 1.64. The van der Waals surface area contributed by atoms with E-state index in [4.69, 9.17) is 18.9 Å². The molecule has 2 aliphatic heterocycles. The number of hydrogen-bond donors (Lipinski definition) is 9. The second-order valence-electron chi connectivity index (χ2n) is 26.4.